The van der Waals surface area contributed by atoms with Crippen molar-refractivity contribution in [1.82, 2.24) is 10.6 Å². The lowest BCUT2D eigenvalue weighted by molar-refractivity contribution is 0.0505. The number of hydrogen-bond acceptors (Lipinski definition) is 3. The van der Waals surface area contributed by atoms with Crippen LogP contribution in [0, 0.1) is 12.7 Å². The van der Waals surface area contributed by atoms with E-state index in [0.717, 1.165) is 56.4 Å². The maximum Gasteiger partial charge on any atom is 0.191 e. The van der Waals surface area contributed by atoms with Crippen LogP contribution in [0.3, 0.4) is 0 Å². The zero-order valence-corrected chi connectivity index (χ0v) is 20.9. The lowest BCUT2D eigenvalue weighted by Gasteiger charge is -2.39. The third-order valence-electron chi connectivity index (χ3n) is 5.65. The number of aryl methyl sites for hydroxylation is 1. The van der Waals surface area contributed by atoms with Gasteiger partial charge in [0.2, 0.25) is 0 Å². The quantitative estimate of drug-likeness (QED) is 0.307. The lowest BCUT2D eigenvalue weighted by atomic mass is 9.73. The van der Waals surface area contributed by atoms with E-state index in [4.69, 9.17) is 14.5 Å². The van der Waals surface area contributed by atoms with Gasteiger partial charge in [-0.1, -0.05) is 29.8 Å². The second kappa shape index (κ2) is 12.2. The van der Waals surface area contributed by atoms with E-state index >= 15 is 0 Å². The zero-order valence-electron chi connectivity index (χ0n) is 18.5. The average Bonchev–Trinajstić information content (AvgIpc) is 2.77. The first kappa shape index (κ1) is 25.4. The van der Waals surface area contributed by atoms with Crippen molar-refractivity contribution in [1.29, 1.82) is 0 Å². The van der Waals surface area contributed by atoms with Crippen LogP contribution in [0.25, 0.3) is 0 Å². The number of rotatable bonds is 7. The largest absolute Gasteiger partial charge is 0.496 e. The molecule has 0 aromatic heterocycles. The molecule has 0 aliphatic carbocycles. The highest BCUT2D eigenvalue weighted by molar-refractivity contribution is 14.0. The molecule has 0 saturated carbocycles. The number of benzene rings is 2. The van der Waals surface area contributed by atoms with Gasteiger partial charge in [0, 0.05) is 37.3 Å². The van der Waals surface area contributed by atoms with Crippen molar-refractivity contribution in [2.75, 3.05) is 33.4 Å². The third-order valence-corrected chi connectivity index (χ3v) is 5.65. The number of hydrogen-bond donors (Lipinski definition) is 2. The molecule has 31 heavy (non-hydrogen) atoms. The van der Waals surface area contributed by atoms with Crippen LogP contribution in [-0.2, 0) is 16.7 Å². The van der Waals surface area contributed by atoms with Crippen molar-refractivity contribution >= 4 is 29.9 Å². The van der Waals surface area contributed by atoms with Gasteiger partial charge < -0.3 is 20.1 Å². The molecule has 2 N–H and O–H groups in total. The number of guanidine groups is 1. The Morgan fingerprint density at radius 1 is 1.13 bits per heavy atom. The van der Waals surface area contributed by atoms with Gasteiger partial charge >= 0.3 is 0 Å². The molecule has 0 radical (unpaired) electrons. The predicted molar refractivity (Wildman–Crippen MR) is 134 cm³/mol. The summed E-state index contributed by atoms with van der Waals surface area (Å²) in [6.45, 7) is 7.58. The van der Waals surface area contributed by atoms with Crippen LogP contribution in [0.5, 0.6) is 5.75 Å². The molecule has 0 amide bonds. The van der Waals surface area contributed by atoms with Crippen molar-refractivity contribution in [3.63, 3.8) is 0 Å². The maximum atomic E-state index is 13.1. The molecule has 7 heteroatoms. The smallest absolute Gasteiger partial charge is 0.191 e. The molecule has 0 spiro atoms. The minimum absolute atomic E-state index is 0. The molecule has 1 aliphatic rings. The summed E-state index contributed by atoms with van der Waals surface area (Å²) in [4.78, 5) is 4.69. The van der Waals surface area contributed by atoms with Crippen LogP contribution in [0.15, 0.2) is 47.5 Å². The minimum atomic E-state index is -0.235. The number of nitrogens with one attached hydrogen (secondary N) is 2. The van der Waals surface area contributed by atoms with Crippen molar-refractivity contribution in [3.8, 4) is 5.75 Å². The van der Waals surface area contributed by atoms with E-state index in [9.17, 15) is 4.39 Å². The molecular weight excluding hydrogens is 508 g/mol. The van der Waals surface area contributed by atoms with Gasteiger partial charge in [-0.25, -0.2) is 9.38 Å². The maximum absolute atomic E-state index is 13.1. The molecule has 170 valence electrons. The first-order valence-corrected chi connectivity index (χ1v) is 10.6. The molecule has 1 saturated heterocycles. The summed E-state index contributed by atoms with van der Waals surface area (Å²) >= 11 is 0. The first-order chi connectivity index (χ1) is 14.6. The van der Waals surface area contributed by atoms with Gasteiger partial charge in [-0.05, 0) is 50.5 Å². The van der Waals surface area contributed by atoms with Crippen LogP contribution >= 0.6 is 24.0 Å². The Morgan fingerprint density at radius 3 is 2.48 bits per heavy atom. The van der Waals surface area contributed by atoms with Gasteiger partial charge in [0.1, 0.15) is 11.6 Å². The average molecular weight is 541 g/mol. The van der Waals surface area contributed by atoms with Crippen LogP contribution in [0.4, 0.5) is 4.39 Å². The molecule has 2 aromatic carbocycles. The Morgan fingerprint density at radius 2 is 1.84 bits per heavy atom. The predicted octanol–water partition coefficient (Wildman–Crippen LogP) is 4.56. The highest BCUT2D eigenvalue weighted by atomic mass is 127. The van der Waals surface area contributed by atoms with E-state index in [1.807, 2.05) is 6.92 Å². The van der Waals surface area contributed by atoms with Gasteiger partial charge in [0.05, 0.1) is 13.7 Å². The highest BCUT2D eigenvalue weighted by Gasteiger charge is 2.37. The summed E-state index contributed by atoms with van der Waals surface area (Å²) in [7, 11) is 1.73. The molecule has 2 aromatic rings. The topological polar surface area (TPSA) is 54.9 Å². The Bertz CT molecular complexity index is 852. The summed E-state index contributed by atoms with van der Waals surface area (Å²) in [5.74, 6) is 1.43. The lowest BCUT2D eigenvalue weighted by Crippen LogP contribution is -2.48. The Balaban J connectivity index is 0.00000341. The second-order valence-corrected chi connectivity index (χ2v) is 7.77. The van der Waals surface area contributed by atoms with Crippen LogP contribution in [-0.4, -0.2) is 39.4 Å². The van der Waals surface area contributed by atoms with E-state index in [1.54, 1.807) is 19.2 Å². The van der Waals surface area contributed by atoms with Gasteiger partial charge in [0.25, 0.3) is 0 Å². The summed E-state index contributed by atoms with van der Waals surface area (Å²) in [6.07, 6.45) is 1.83. The minimum Gasteiger partial charge on any atom is -0.496 e. The first-order valence-electron chi connectivity index (χ1n) is 10.6. The fraction of sp³-hybridized carbons (Fsp3) is 0.458. The molecule has 0 atom stereocenters. The summed E-state index contributed by atoms with van der Waals surface area (Å²) in [6, 6.07) is 12.8. The summed E-state index contributed by atoms with van der Waals surface area (Å²) in [5, 5.41) is 6.85. The number of methoxy groups -OCH3 is 1. The molecule has 5 nitrogen and oxygen atoms in total. The summed E-state index contributed by atoms with van der Waals surface area (Å²) < 4.78 is 24.5. The van der Waals surface area contributed by atoms with Gasteiger partial charge in [-0.2, -0.15) is 0 Å². The third kappa shape index (κ3) is 6.80. The molecule has 3 rings (SSSR count). The van der Waals surface area contributed by atoms with E-state index in [1.165, 1.54) is 23.3 Å². The second-order valence-electron chi connectivity index (χ2n) is 7.77. The molecule has 0 unspecified atom stereocenters. The van der Waals surface area contributed by atoms with Crippen molar-refractivity contribution in [2.45, 2.75) is 38.6 Å². The van der Waals surface area contributed by atoms with Crippen LogP contribution in [0.2, 0.25) is 0 Å². The monoisotopic (exact) mass is 541 g/mol. The van der Waals surface area contributed by atoms with E-state index in [2.05, 4.69) is 35.8 Å². The Labute approximate surface area is 201 Å². The fourth-order valence-corrected chi connectivity index (χ4v) is 3.89. The Kier molecular flexibility index (Phi) is 10.0. The van der Waals surface area contributed by atoms with Crippen molar-refractivity contribution in [3.05, 3.63) is 65.0 Å². The standard InChI is InChI=1S/C24H32FN3O2.HI/c1-4-26-23(27-16-19-6-8-20(25)9-7-19)28-17-24(11-13-30-14-12-24)21-15-18(2)5-10-22(21)29-3;/h5-10,15H,4,11-14,16-17H2,1-3H3,(H2,26,27,28);1H. The number of ether oxygens (including phenoxy) is 2. The molecule has 1 aliphatic heterocycles. The molecule has 1 fully saturated rings. The van der Waals surface area contributed by atoms with E-state index in [0.29, 0.717) is 6.54 Å². The highest BCUT2D eigenvalue weighted by Crippen LogP contribution is 2.40. The summed E-state index contributed by atoms with van der Waals surface area (Å²) in [5.41, 5.74) is 3.31. The van der Waals surface area contributed by atoms with Crippen LogP contribution < -0.4 is 15.4 Å². The van der Waals surface area contributed by atoms with Crippen molar-refractivity contribution < 1.29 is 13.9 Å². The SMILES string of the molecule is CCNC(=NCc1ccc(F)cc1)NCC1(c2cc(C)ccc2OC)CCOCC1.I. The molecule has 0 bridgehead atoms. The van der Waals surface area contributed by atoms with E-state index < -0.39 is 0 Å². The number of aliphatic imine (C=N–C) groups is 1. The fourth-order valence-electron chi connectivity index (χ4n) is 3.89. The molecule has 1 heterocycles. The molecular formula is C24H33FIN3O2. The normalized spacial score (nSPS) is 15.7. The van der Waals surface area contributed by atoms with Gasteiger partial charge in [-0.3, -0.25) is 0 Å². The van der Waals surface area contributed by atoms with Crippen LogP contribution in [0.1, 0.15) is 36.5 Å². The number of nitrogens with zero attached hydrogens (tertiary/aromatic N) is 1. The zero-order chi connectivity index (χ0) is 21.4. The van der Waals surface area contributed by atoms with Gasteiger partial charge in [-0.15, -0.1) is 24.0 Å². The van der Waals surface area contributed by atoms with Crippen molar-refractivity contribution in [2.24, 2.45) is 4.99 Å². The number of halogens is 2. The van der Waals surface area contributed by atoms with E-state index in [-0.39, 0.29) is 35.2 Å². The Hall–Kier alpha value is -1.87. The van der Waals surface area contributed by atoms with Gasteiger partial charge in [0.15, 0.2) is 5.96 Å².